The van der Waals surface area contributed by atoms with E-state index in [9.17, 15) is 14.7 Å². The SMILES string of the molecule is Cc1cn(C(=O)N2C[C@@H]3C[C@@H](Oc4cccc(-c5ccccc5)c4)C[C@]3(N)C2)nc1C(=O)O. The van der Waals surface area contributed by atoms with Gasteiger partial charge in [-0.05, 0) is 42.5 Å². The third-order valence-electron chi connectivity index (χ3n) is 6.70. The Bertz CT molecular complexity index is 1210. The van der Waals surface area contributed by atoms with Gasteiger partial charge >= 0.3 is 12.0 Å². The van der Waals surface area contributed by atoms with E-state index < -0.39 is 11.5 Å². The van der Waals surface area contributed by atoms with Gasteiger partial charge in [0.05, 0.1) is 0 Å². The highest BCUT2D eigenvalue weighted by molar-refractivity contribution is 5.88. The monoisotopic (exact) mass is 446 g/mol. The molecule has 1 aromatic heterocycles. The summed E-state index contributed by atoms with van der Waals surface area (Å²) in [4.78, 5) is 25.8. The average molecular weight is 447 g/mol. The highest BCUT2D eigenvalue weighted by Crippen LogP contribution is 2.42. The molecule has 1 amide bonds. The lowest BCUT2D eigenvalue weighted by atomic mass is 9.92. The molecule has 1 aliphatic carbocycles. The van der Waals surface area contributed by atoms with Gasteiger partial charge < -0.3 is 20.5 Å². The molecule has 1 saturated heterocycles. The lowest BCUT2D eigenvalue weighted by Gasteiger charge is -2.24. The van der Waals surface area contributed by atoms with Gasteiger partial charge in [-0.15, -0.1) is 0 Å². The first-order valence-corrected chi connectivity index (χ1v) is 11.0. The number of amides is 1. The Balaban J connectivity index is 1.25. The van der Waals surface area contributed by atoms with Crippen molar-refractivity contribution in [2.45, 2.75) is 31.4 Å². The molecule has 1 saturated carbocycles. The number of aromatic nitrogens is 2. The Morgan fingerprint density at radius 3 is 2.61 bits per heavy atom. The summed E-state index contributed by atoms with van der Waals surface area (Å²) in [5.41, 5.74) is 8.76. The first-order valence-electron chi connectivity index (χ1n) is 11.0. The number of carbonyl (C=O) groups is 2. The zero-order valence-corrected chi connectivity index (χ0v) is 18.3. The van der Waals surface area contributed by atoms with Gasteiger partial charge in [0.25, 0.3) is 0 Å². The molecule has 0 radical (unpaired) electrons. The fraction of sp³-hybridized carbons (Fsp3) is 0.320. The topological polar surface area (TPSA) is 111 Å². The third-order valence-corrected chi connectivity index (χ3v) is 6.70. The smallest absolute Gasteiger partial charge is 0.356 e. The van der Waals surface area contributed by atoms with Crippen LogP contribution in [-0.4, -0.2) is 56.5 Å². The number of aromatic carboxylic acids is 1. The van der Waals surface area contributed by atoms with Gasteiger partial charge in [-0.3, -0.25) is 0 Å². The van der Waals surface area contributed by atoms with Crippen molar-refractivity contribution in [3.63, 3.8) is 0 Å². The summed E-state index contributed by atoms with van der Waals surface area (Å²) in [6.45, 7) is 2.51. The van der Waals surface area contributed by atoms with Gasteiger partial charge in [0.2, 0.25) is 0 Å². The lowest BCUT2D eigenvalue weighted by molar-refractivity contribution is 0.0689. The number of ether oxygens (including phenoxy) is 1. The van der Waals surface area contributed by atoms with Crippen LogP contribution in [0, 0.1) is 12.8 Å². The van der Waals surface area contributed by atoms with Crippen LogP contribution in [-0.2, 0) is 0 Å². The van der Waals surface area contributed by atoms with Crippen LogP contribution >= 0.6 is 0 Å². The molecular weight excluding hydrogens is 420 g/mol. The van der Waals surface area contributed by atoms with Crippen molar-refractivity contribution >= 4 is 12.0 Å². The number of carboxylic acid groups (broad SMARTS) is 1. The minimum Gasteiger partial charge on any atom is -0.490 e. The number of fused-ring (bicyclic) bond motifs is 1. The zero-order valence-electron chi connectivity index (χ0n) is 18.3. The van der Waals surface area contributed by atoms with E-state index in [0.29, 0.717) is 25.1 Å². The van der Waals surface area contributed by atoms with Gasteiger partial charge in [0, 0.05) is 36.8 Å². The number of hydrogen-bond acceptors (Lipinski definition) is 5. The van der Waals surface area contributed by atoms with Gasteiger partial charge in [0.15, 0.2) is 5.69 Å². The van der Waals surface area contributed by atoms with Crippen LogP contribution in [0.15, 0.2) is 60.8 Å². The molecule has 8 nitrogen and oxygen atoms in total. The van der Waals surface area contributed by atoms with Crippen LogP contribution < -0.4 is 10.5 Å². The molecule has 3 atom stereocenters. The van der Waals surface area contributed by atoms with Crippen molar-refractivity contribution in [1.29, 1.82) is 0 Å². The van der Waals surface area contributed by atoms with E-state index in [1.54, 1.807) is 11.8 Å². The van der Waals surface area contributed by atoms with Gasteiger partial charge in [0.1, 0.15) is 11.9 Å². The number of nitrogens with zero attached hydrogens (tertiary/aromatic N) is 3. The highest BCUT2D eigenvalue weighted by Gasteiger charge is 2.52. The van der Waals surface area contributed by atoms with Crippen molar-refractivity contribution in [2.24, 2.45) is 11.7 Å². The van der Waals surface area contributed by atoms with Crippen LogP contribution in [0.25, 0.3) is 11.1 Å². The number of nitrogens with two attached hydrogens (primary N) is 1. The summed E-state index contributed by atoms with van der Waals surface area (Å²) in [7, 11) is 0. The molecule has 2 fully saturated rings. The normalized spacial score (nSPS) is 24.0. The maximum absolute atomic E-state index is 12.9. The van der Waals surface area contributed by atoms with E-state index in [-0.39, 0.29) is 23.7 Å². The summed E-state index contributed by atoms with van der Waals surface area (Å²) in [6, 6.07) is 17.9. The number of carbonyl (C=O) groups excluding carboxylic acids is 1. The molecule has 1 aliphatic heterocycles. The van der Waals surface area contributed by atoms with Crippen molar-refractivity contribution in [2.75, 3.05) is 13.1 Å². The number of carboxylic acids is 1. The minimum atomic E-state index is -1.15. The standard InChI is InChI=1S/C25H26N4O4/c1-16-13-29(27-22(16)23(30)31)24(32)28-14-19-11-21(12-25(19,26)15-28)33-20-9-5-8-18(10-20)17-6-3-2-4-7-17/h2-10,13,19,21H,11-12,14-15,26H2,1H3,(H,30,31)/t19-,21+,25-/m0/s1. The molecule has 3 aromatic rings. The Labute approximate surface area is 191 Å². The first kappa shape index (κ1) is 21.2. The second-order valence-electron chi connectivity index (χ2n) is 9.08. The molecule has 170 valence electrons. The van der Waals surface area contributed by atoms with Crippen LogP contribution in [0.5, 0.6) is 5.75 Å². The fourth-order valence-corrected chi connectivity index (χ4v) is 5.08. The van der Waals surface area contributed by atoms with Gasteiger partial charge in [-0.2, -0.15) is 9.78 Å². The molecule has 5 rings (SSSR count). The molecule has 0 spiro atoms. The average Bonchev–Trinajstić information content (AvgIpc) is 3.43. The minimum absolute atomic E-state index is 0.0196. The number of likely N-dealkylation sites (tertiary alicyclic amines) is 1. The summed E-state index contributed by atoms with van der Waals surface area (Å²) in [5.74, 6) is -0.227. The van der Waals surface area contributed by atoms with Gasteiger partial charge in [-0.1, -0.05) is 42.5 Å². The van der Waals surface area contributed by atoms with Crippen molar-refractivity contribution in [3.05, 3.63) is 72.1 Å². The Morgan fingerprint density at radius 1 is 1.15 bits per heavy atom. The van der Waals surface area contributed by atoms with E-state index in [1.807, 2.05) is 36.4 Å². The summed E-state index contributed by atoms with van der Waals surface area (Å²) >= 11 is 0. The highest BCUT2D eigenvalue weighted by atomic mass is 16.5. The van der Waals surface area contributed by atoms with E-state index in [1.165, 1.54) is 6.20 Å². The number of rotatable bonds is 4. The molecule has 0 bridgehead atoms. The van der Waals surface area contributed by atoms with Crippen molar-refractivity contribution in [1.82, 2.24) is 14.7 Å². The van der Waals surface area contributed by atoms with E-state index in [2.05, 4.69) is 23.3 Å². The largest absolute Gasteiger partial charge is 0.490 e. The molecule has 2 aliphatic rings. The Kier molecular flexibility index (Phi) is 5.17. The molecule has 2 aromatic carbocycles. The van der Waals surface area contributed by atoms with E-state index >= 15 is 0 Å². The van der Waals surface area contributed by atoms with Crippen LogP contribution in [0.2, 0.25) is 0 Å². The molecular formula is C25H26N4O4. The zero-order chi connectivity index (χ0) is 23.2. The Morgan fingerprint density at radius 2 is 1.91 bits per heavy atom. The van der Waals surface area contributed by atoms with E-state index in [4.69, 9.17) is 10.5 Å². The second kappa shape index (κ2) is 8.04. The second-order valence-corrected chi connectivity index (χ2v) is 9.08. The molecule has 0 unspecified atom stereocenters. The molecule has 2 heterocycles. The summed E-state index contributed by atoms with van der Waals surface area (Å²) in [6.07, 6.45) is 2.84. The van der Waals surface area contributed by atoms with Crippen molar-refractivity contribution in [3.8, 4) is 16.9 Å². The maximum Gasteiger partial charge on any atom is 0.356 e. The third kappa shape index (κ3) is 3.98. The van der Waals surface area contributed by atoms with Crippen LogP contribution in [0.4, 0.5) is 4.79 Å². The summed E-state index contributed by atoms with van der Waals surface area (Å²) in [5, 5.41) is 13.1. The quantitative estimate of drug-likeness (QED) is 0.636. The molecule has 3 N–H and O–H groups in total. The first-order chi connectivity index (χ1) is 15.8. The summed E-state index contributed by atoms with van der Waals surface area (Å²) < 4.78 is 7.40. The predicted molar refractivity (Wildman–Crippen MR) is 122 cm³/mol. The number of hydrogen-bond donors (Lipinski definition) is 2. The molecule has 8 heteroatoms. The van der Waals surface area contributed by atoms with Gasteiger partial charge in [-0.25, -0.2) is 9.59 Å². The number of benzene rings is 2. The Hall–Kier alpha value is -3.65. The fourth-order valence-electron chi connectivity index (χ4n) is 5.08. The van der Waals surface area contributed by atoms with E-state index in [0.717, 1.165) is 28.0 Å². The van der Waals surface area contributed by atoms with Crippen molar-refractivity contribution < 1.29 is 19.4 Å². The van der Waals surface area contributed by atoms with Crippen LogP contribution in [0.1, 0.15) is 28.9 Å². The lowest BCUT2D eigenvalue weighted by Crippen LogP contribution is -2.46. The molecule has 33 heavy (non-hydrogen) atoms. The maximum atomic E-state index is 12.9. The number of aryl methyl sites for hydroxylation is 1. The predicted octanol–water partition coefficient (Wildman–Crippen LogP) is 3.40. The van der Waals surface area contributed by atoms with Crippen LogP contribution in [0.3, 0.4) is 0 Å².